The minimum atomic E-state index is 0.00828. The lowest BCUT2D eigenvalue weighted by Crippen LogP contribution is -2.10. The molecule has 0 aliphatic carbocycles. The number of rotatable bonds is 4. The molecule has 0 unspecified atom stereocenters. The molecule has 0 aliphatic heterocycles. The van der Waals surface area contributed by atoms with E-state index in [2.05, 4.69) is 11.1 Å². The summed E-state index contributed by atoms with van der Waals surface area (Å²) in [5.74, 6) is 0.00828. The van der Waals surface area contributed by atoms with Crippen molar-refractivity contribution >= 4 is 17.4 Å². The maximum absolute atomic E-state index is 12.8. The highest BCUT2D eigenvalue weighted by molar-refractivity contribution is 6.30. The molecular weight excluding hydrogens is 308 g/mol. The van der Waals surface area contributed by atoms with Gasteiger partial charge in [0.2, 0.25) is 5.78 Å². The quantitative estimate of drug-likeness (QED) is 0.674. The third-order valence-corrected chi connectivity index (χ3v) is 4.18. The molecule has 3 rings (SSSR count). The average Bonchev–Trinajstić information content (AvgIpc) is 2.82. The highest BCUT2D eigenvalue weighted by Gasteiger charge is 2.18. The Kier molecular flexibility index (Phi) is 4.30. The molecule has 0 atom stereocenters. The van der Waals surface area contributed by atoms with Gasteiger partial charge in [-0.15, -0.1) is 0 Å². The highest BCUT2D eigenvalue weighted by Crippen LogP contribution is 2.21. The molecule has 0 amide bonds. The predicted octanol–water partition coefficient (Wildman–Crippen LogP) is 4.20. The maximum atomic E-state index is 12.8. The smallest absolute Gasteiger partial charge is 0.209 e. The number of hydrogen-bond donors (Lipinski definition) is 0. The second-order valence-electron chi connectivity index (χ2n) is 5.56. The fourth-order valence-corrected chi connectivity index (χ4v) is 2.88. The van der Waals surface area contributed by atoms with E-state index in [0.29, 0.717) is 22.7 Å². The van der Waals surface area contributed by atoms with E-state index in [-0.39, 0.29) is 5.78 Å². The number of benzene rings is 1. The number of nitrogens with zero attached hydrogens (tertiary/aromatic N) is 2. The van der Waals surface area contributed by atoms with Crippen molar-refractivity contribution in [3.05, 3.63) is 88.0 Å². The zero-order chi connectivity index (χ0) is 16.4. The zero-order valence-electron chi connectivity index (χ0n) is 13.1. The molecule has 1 aromatic carbocycles. The minimum absolute atomic E-state index is 0.00828. The molecular formula is C19H17ClN2O. The molecule has 23 heavy (non-hydrogen) atoms. The maximum Gasteiger partial charge on any atom is 0.209 e. The lowest BCUT2D eigenvalue weighted by molar-refractivity contribution is 0.103. The van der Waals surface area contributed by atoms with Gasteiger partial charge in [-0.25, -0.2) is 0 Å². The normalized spacial score (nSPS) is 10.7. The molecule has 0 aliphatic rings. The molecule has 0 saturated carbocycles. The van der Waals surface area contributed by atoms with Crippen LogP contribution in [0.5, 0.6) is 0 Å². The number of carbonyl (C=O) groups excluding carboxylic acids is 1. The number of halogens is 1. The Balaban J connectivity index is 1.94. The van der Waals surface area contributed by atoms with E-state index in [0.717, 1.165) is 17.0 Å². The van der Waals surface area contributed by atoms with Crippen LogP contribution in [0.1, 0.15) is 33.0 Å². The van der Waals surface area contributed by atoms with E-state index in [1.807, 2.05) is 36.7 Å². The van der Waals surface area contributed by atoms with Crippen molar-refractivity contribution in [1.82, 2.24) is 9.55 Å². The van der Waals surface area contributed by atoms with Crippen molar-refractivity contribution < 1.29 is 4.79 Å². The molecule has 0 spiro atoms. The number of carbonyl (C=O) groups is 1. The van der Waals surface area contributed by atoms with Gasteiger partial charge in [-0.05, 0) is 55.0 Å². The summed E-state index contributed by atoms with van der Waals surface area (Å²) < 4.78 is 1.96. The summed E-state index contributed by atoms with van der Waals surface area (Å²) in [5, 5.41) is 0.626. The first-order valence-electron chi connectivity index (χ1n) is 7.41. The van der Waals surface area contributed by atoms with Crippen LogP contribution < -0.4 is 0 Å². The number of ketones is 1. The van der Waals surface area contributed by atoms with Crippen molar-refractivity contribution in [1.29, 1.82) is 0 Å². The SMILES string of the molecule is Cc1cc(Cc2ccccn2)n(C)c1C(=O)c1ccc(Cl)cc1. The molecule has 2 aromatic heterocycles. The largest absolute Gasteiger partial charge is 0.344 e. The lowest BCUT2D eigenvalue weighted by Gasteiger charge is -2.08. The van der Waals surface area contributed by atoms with Crippen molar-refractivity contribution in [3.63, 3.8) is 0 Å². The lowest BCUT2D eigenvalue weighted by atomic mass is 10.1. The average molecular weight is 325 g/mol. The van der Waals surface area contributed by atoms with E-state index in [4.69, 9.17) is 11.6 Å². The molecule has 0 radical (unpaired) electrons. The molecule has 3 aromatic rings. The van der Waals surface area contributed by atoms with Crippen molar-refractivity contribution in [3.8, 4) is 0 Å². The van der Waals surface area contributed by atoms with Crippen molar-refractivity contribution in [2.24, 2.45) is 7.05 Å². The van der Waals surface area contributed by atoms with Crippen LogP contribution in [0.3, 0.4) is 0 Å². The topological polar surface area (TPSA) is 34.9 Å². The van der Waals surface area contributed by atoms with Crippen LogP contribution >= 0.6 is 11.6 Å². The third-order valence-electron chi connectivity index (χ3n) is 3.93. The van der Waals surface area contributed by atoms with Crippen LogP contribution in [-0.2, 0) is 13.5 Å². The first kappa shape index (κ1) is 15.5. The van der Waals surface area contributed by atoms with Gasteiger partial charge in [0.1, 0.15) is 0 Å². The first-order chi connectivity index (χ1) is 11.1. The van der Waals surface area contributed by atoms with Crippen LogP contribution in [0, 0.1) is 6.92 Å². The van der Waals surface area contributed by atoms with Crippen LogP contribution in [0.25, 0.3) is 0 Å². The summed E-state index contributed by atoms with van der Waals surface area (Å²) in [6.07, 6.45) is 2.48. The van der Waals surface area contributed by atoms with E-state index >= 15 is 0 Å². The Bertz CT molecular complexity index is 836. The third kappa shape index (κ3) is 3.20. The monoisotopic (exact) mass is 324 g/mol. The Morgan fingerprint density at radius 2 is 1.91 bits per heavy atom. The summed E-state index contributed by atoms with van der Waals surface area (Å²) in [4.78, 5) is 17.1. The van der Waals surface area contributed by atoms with Gasteiger partial charge in [0, 0.05) is 41.6 Å². The van der Waals surface area contributed by atoms with Gasteiger partial charge in [-0.2, -0.15) is 0 Å². The predicted molar refractivity (Wildman–Crippen MR) is 92.1 cm³/mol. The molecule has 2 heterocycles. The van der Waals surface area contributed by atoms with Gasteiger partial charge in [0.05, 0.1) is 5.69 Å². The molecule has 0 bridgehead atoms. The molecule has 0 saturated heterocycles. The summed E-state index contributed by atoms with van der Waals surface area (Å²) in [7, 11) is 1.93. The molecule has 3 nitrogen and oxygen atoms in total. The van der Waals surface area contributed by atoms with Crippen molar-refractivity contribution in [2.75, 3.05) is 0 Å². The van der Waals surface area contributed by atoms with E-state index in [1.54, 1.807) is 30.5 Å². The van der Waals surface area contributed by atoms with Crippen molar-refractivity contribution in [2.45, 2.75) is 13.3 Å². The molecule has 4 heteroatoms. The number of pyridine rings is 1. The number of hydrogen-bond acceptors (Lipinski definition) is 2. The zero-order valence-corrected chi connectivity index (χ0v) is 13.8. The fraction of sp³-hybridized carbons (Fsp3) is 0.158. The Hall–Kier alpha value is -2.39. The van der Waals surface area contributed by atoms with E-state index in [9.17, 15) is 4.79 Å². The summed E-state index contributed by atoms with van der Waals surface area (Å²) in [5.41, 5.74) is 4.37. The summed E-state index contributed by atoms with van der Waals surface area (Å²) in [6, 6.07) is 14.9. The molecule has 0 fully saturated rings. The van der Waals surface area contributed by atoms with Gasteiger partial charge >= 0.3 is 0 Å². The van der Waals surface area contributed by atoms with E-state index < -0.39 is 0 Å². The van der Waals surface area contributed by atoms with Gasteiger partial charge in [0.25, 0.3) is 0 Å². The minimum Gasteiger partial charge on any atom is -0.344 e. The van der Waals surface area contributed by atoms with Crippen LogP contribution in [0.2, 0.25) is 5.02 Å². The summed E-state index contributed by atoms with van der Waals surface area (Å²) in [6.45, 7) is 1.96. The second kappa shape index (κ2) is 6.39. The van der Waals surface area contributed by atoms with Gasteiger partial charge < -0.3 is 4.57 Å². The standard InChI is InChI=1S/C19H17ClN2O/c1-13-11-17(12-16-5-3-4-10-21-16)22(2)18(13)19(23)14-6-8-15(20)9-7-14/h3-11H,12H2,1-2H3. The Labute approximate surface area is 140 Å². The summed E-state index contributed by atoms with van der Waals surface area (Å²) >= 11 is 5.90. The van der Waals surface area contributed by atoms with Crippen LogP contribution in [-0.4, -0.2) is 15.3 Å². The van der Waals surface area contributed by atoms with Gasteiger partial charge in [0.15, 0.2) is 0 Å². The number of aryl methyl sites for hydroxylation is 1. The van der Waals surface area contributed by atoms with Gasteiger partial charge in [-0.3, -0.25) is 9.78 Å². The molecule has 116 valence electrons. The van der Waals surface area contributed by atoms with E-state index in [1.165, 1.54) is 0 Å². The first-order valence-corrected chi connectivity index (χ1v) is 7.79. The fourth-order valence-electron chi connectivity index (χ4n) is 2.75. The number of aromatic nitrogens is 2. The van der Waals surface area contributed by atoms with Gasteiger partial charge in [-0.1, -0.05) is 17.7 Å². The Morgan fingerprint density at radius 1 is 1.17 bits per heavy atom. The second-order valence-corrected chi connectivity index (χ2v) is 6.00. The van der Waals surface area contributed by atoms with Crippen LogP contribution in [0.4, 0.5) is 0 Å². The highest BCUT2D eigenvalue weighted by atomic mass is 35.5. The Morgan fingerprint density at radius 3 is 2.57 bits per heavy atom. The van der Waals surface area contributed by atoms with Crippen LogP contribution in [0.15, 0.2) is 54.7 Å². The molecule has 0 N–H and O–H groups in total.